The van der Waals surface area contributed by atoms with Gasteiger partial charge in [-0.25, -0.2) is 9.48 Å². The highest BCUT2D eigenvalue weighted by atomic mass is 16.2. The van der Waals surface area contributed by atoms with E-state index in [4.69, 9.17) is 0 Å². The maximum atomic E-state index is 12.1. The molecule has 1 aromatic carbocycles. The van der Waals surface area contributed by atoms with E-state index in [2.05, 4.69) is 31.1 Å². The highest BCUT2D eigenvalue weighted by Crippen LogP contribution is 2.22. The molecule has 0 bridgehead atoms. The fourth-order valence-electron chi connectivity index (χ4n) is 2.78. The Morgan fingerprint density at radius 2 is 1.89 bits per heavy atom. The summed E-state index contributed by atoms with van der Waals surface area (Å²) in [7, 11) is 0. The van der Waals surface area contributed by atoms with Crippen LogP contribution in [0.2, 0.25) is 0 Å². The normalized spacial score (nSPS) is 13.8. The summed E-state index contributed by atoms with van der Waals surface area (Å²) in [6.07, 6.45) is 1.68. The van der Waals surface area contributed by atoms with Gasteiger partial charge in [-0.1, -0.05) is 12.1 Å². The van der Waals surface area contributed by atoms with Crippen molar-refractivity contribution in [2.45, 2.75) is 46.7 Å². The maximum absolute atomic E-state index is 12.1. The molecule has 4 heteroatoms. The lowest BCUT2D eigenvalue weighted by Crippen LogP contribution is -2.25. The minimum Gasteiger partial charge on any atom is -0.278 e. The van der Waals surface area contributed by atoms with Crippen molar-refractivity contribution in [1.29, 1.82) is 0 Å². The van der Waals surface area contributed by atoms with Crippen LogP contribution in [0.4, 0.5) is 0 Å². The molecule has 0 radical (unpaired) electrons. The number of hydrogen-bond donors (Lipinski definition) is 0. The first-order chi connectivity index (χ1) is 9.10. The second-order valence-electron chi connectivity index (χ2n) is 5.30. The lowest BCUT2D eigenvalue weighted by molar-refractivity contribution is 0.600. The minimum atomic E-state index is 0.0266. The van der Waals surface area contributed by atoms with Crippen LogP contribution in [-0.4, -0.2) is 14.3 Å². The Balaban J connectivity index is 2.11. The van der Waals surface area contributed by atoms with E-state index in [0.29, 0.717) is 6.54 Å². The van der Waals surface area contributed by atoms with E-state index >= 15 is 0 Å². The van der Waals surface area contributed by atoms with E-state index in [1.807, 2.05) is 11.5 Å². The number of fused-ring (bicyclic) bond motifs is 2. The molecule has 0 atom stereocenters. The van der Waals surface area contributed by atoms with Crippen LogP contribution in [0.1, 0.15) is 35.0 Å². The molecule has 3 rings (SSSR count). The minimum absolute atomic E-state index is 0.0266. The predicted octanol–water partition coefficient (Wildman–Crippen LogP) is 1.83. The first kappa shape index (κ1) is 12.2. The average molecular weight is 257 g/mol. The van der Waals surface area contributed by atoms with Gasteiger partial charge < -0.3 is 0 Å². The Kier molecular flexibility index (Phi) is 2.81. The predicted molar refractivity (Wildman–Crippen MR) is 74.6 cm³/mol. The summed E-state index contributed by atoms with van der Waals surface area (Å²) in [6, 6.07) is 4.51. The lowest BCUT2D eigenvalue weighted by atomic mass is 9.96. The molecule has 2 heterocycles. The van der Waals surface area contributed by atoms with Crippen LogP contribution in [0.15, 0.2) is 16.9 Å². The van der Waals surface area contributed by atoms with Crippen LogP contribution in [0, 0.1) is 13.8 Å². The molecular weight excluding hydrogens is 238 g/mol. The summed E-state index contributed by atoms with van der Waals surface area (Å²) in [5.74, 6) is 0.897. The number of benzene rings is 1. The molecule has 2 aromatic rings. The summed E-state index contributed by atoms with van der Waals surface area (Å²) in [5, 5.41) is 4.45. The third-order valence-corrected chi connectivity index (χ3v) is 4.07. The first-order valence-electron chi connectivity index (χ1n) is 6.85. The zero-order chi connectivity index (χ0) is 13.6. The van der Waals surface area contributed by atoms with E-state index in [1.54, 1.807) is 4.68 Å². The Labute approximate surface area is 112 Å². The molecule has 1 aliphatic heterocycles. The molecule has 0 fully saturated rings. The molecule has 1 aliphatic rings. The van der Waals surface area contributed by atoms with Crippen molar-refractivity contribution in [3.8, 4) is 0 Å². The molecule has 0 unspecified atom stereocenters. The van der Waals surface area contributed by atoms with Crippen LogP contribution in [-0.2, 0) is 25.9 Å². The molecule has 0 aliphatic carbocycles. The smallest absolute Gasteiger partial charge is 0.278 e. The zero-order valence-electron chi connectivity index (χ0n) is 11.7. The average Bonchev–Trinajstić information content (AvgIpc) is 2.57. The van der Waals surface area contributed by atoms with Gasteiger partial charge in [0.25, 0.3) is 0 Å². The summed E-state index contributed by atoms with van der Waals surface area (Å²) in [4.78, 5) is 12.1. The van der Waals surface area contributed by atoms with Gasteiger partial charge in [0.15, 0.2) is 0 Å². The summed E-state index contributed by atoms with van der Waals surface area (Å²) in [6.45, 7) is 7.61. The van der Waals surface area contributed by atoms with Gasteiger partial charge in [0.1, 0.15) is 5.82 Å². The molecule has 0 N–H and O–H groups in total. The van der Waals surface area contributed by atoms with E-state index < -0.39 is 0 Å². The van der Waals surface area contributed by atoms with Gasteiger partial charge in [-0.05, 0) is 49.4 Å². The molecule has 1 aromatic heterocycles. The van der Waals surface area contributed by atoms with Crippen LogP contribution < -0.4 is 5.69 Å². The van der Waals surface area contributed by atoms with Gasteiger partial charge in [0.2, 0.25) is 0 Å². The van der Waals surface area contributed by atoms with E-state index in [0.717, 1.165) is 25.2 Å². The molecule has 0 saturated heterocycles. The number of nitrogens with zero attached hydrogens (tertiary/aromatic N) is 3. The molecule has 100 valence electrons. The van der Waals surface area contributed by atoms with Crippen molar-refractivity contribution in [3.05, 3.63) is 50.7 Å². The lowest BCUT2D eigenvalue weighted by Gasteiger charge is -2.09. The van der Waals surface area contributed by atoms with E-state index in [-0.39, 0.29) is 5.69 Å². The van der Waals surface area contributed by atoms with Crippen LogP contribution in [0.3, 0.4) is 0 Å². The van der Waals surface area contributed by atoms with E-state index in [9.17, 15) is 4.79 Å². The van der Waals surface area contributed by atoms with Crippen LogP contribution >= 0.6 is 0 Å². The Morgan fingerprint density at radius 1 is 1.21 bits per heavy atom. The highest BCUT2D eigenvalue weighted by Gasteiger charge is 2.19. The van der Waals surface area contributed by atoms with E-state index in [1.165, 1.54) is 22.3 Å². The maximum Gasteiger partial charge on any atom is 0.345 e. The fourth-order valence-corrected chi connectivity index (χ4v) is 2.78. The van der Waals surface area contributed by atoms with Crippen molar-refractivity contribution >= 4 is 0 Å². The molecule has 0 saturated carbocycles. The van der Waals surface area contributed by atoms with Gasteiger partial charge in [0, 0.05) is 19.5 Å². The van der Waals surface area contributed by atoms with Crippen molar-refractivity contribution in [2.24, 2.45) is 0 Å². The Bertz CT molecular complexity index is 694. The molecular formula is C15H19N3O. The van der Waals surface area contributed by atoms with Crippen molar-refractivity contribution < 1.29 is 0 Å². The Morgan fingerprint density at radius 3 is 2.58 bits per heavy atom. The Hall–Kier alpha value is -1.84. The molecule has 4 nitrogen and oxygen atoms in total. The van der Waals surface area contributed by atoms with Crippen molar-refractivity contribution in [1.82, 2.24) is 14.3 Å². The molecule has 0 amide bonds. The third-order valence-electron chi connectivity index (χ3n) is 4.07. The van der Waals surface area contributed by atoms with Gasteiger partial charge in [0.05, 0.1) is 0 Å². The zero-order valence-corrected chi connectivity index (χ0v) is 11.7. The summed E-state index contributed by atoms with van der Waals surface area (Å²) >= 11 is 0. The number of hydrogen-bond acceptors (Lipinski definition) is 2. The van der Waals surface area contributed by atoms with Gasteiger partial charge >= 0.3 is 5.69 Å². The van der Waals surface area contributed by atoms with Gasteiger partial charge in [-0.15, -0.1) is 0 Å². The number of rotatable bonds is 1. The van der Waals surface area contributed by atoms with Gasteiger partial charge in [-0.2, -0.15) is 5.10 Å². The van der Waals surface area contributed by atoms with Crippen molar-refractivity contribution in [3.63, 3.8) is 0 Å². The second kappa shape index (κ2) is 4.37. The highest BCUT2D eigenvalue weighted by molar-refractivity contribution is 5.39. The standard InChI is InChI=1S/C15H19N3O/c1-4-18-15(19)17-6-5-12-7-10(2)11(3)8-13(12)9-14(17)16-18/h7-8H,4-6,9H2,1-3H3. The topological polar surface area (TPSA) is 39.8 Å². The van der Waals surface area contributed by atoms with Crippen molar-refractivity contribution in [2.75, 3.05) is 0 Å². The fraction of sp³-hybridized carbons (Fsp3) is 0.467. The summed E-state index contributed by atoms with van der Waals surface area (Å²) in [5.41, 5.74) is 5.33. The largest absolute Gasteiger partial charge is 0.345 e. The van der Waals surface area contributed by atoms with Crippen LogP contribution in [0.5, 0.6) is 0 Å². The quantitative estimate of drug-likeness (QED) is 0.782. The molecule has 19 heavy (non-hydrogen) atoms. The van der Waals surface area contributed by atoms with Gasteiger partial charge in [-0.3, -0.25) is 4.57 Å². The number of aryl methyl sites for hydroxylation is 4. The monoisotopic (exact) mass is 257 g/mol. The molecule has 0 spiro atoms. The number of aromatic nitrogens is 3. The third kappa shape index (κ3) is 1.91. The SMILES string of the molecule is CCn1nc2n(c1=O)CCc1cc(C)c(C)cc1C2. The second-order valence-corrected chi connectivity index (χ2v) is 5.30. The van der Waals surface area contributed by atoms with Crippen LogP contribution in [0.25, 0.3) is 0 Å². The summed E-state index contributed by atoms with van der Waals surface area (Å²) < 4.78 is 3.38. The first-order valence-corrected chi connectivity index (χ1v) is 6.85.